The molecule has 208 valence electrons. The lowest BCUT2D eigenvalue weighted by Gasteiger charge is -2.33. The van der Waals surface area contributed by atoms with Gasteiger partial charge in [-0.3, -0.25) is 13.9 Å². The summed E-state index contributed by atoms with van der Waals surface area (Å²) >= 11 is 15.8. The smallest absolute Gasteiger partial charge is 0.244 e. The highest BCUT2D eigenvalue weighted by Crippen LogP contribution is 2.30. The fraction of sp³-hybridized carbons (Fsp3) is 0.286. The summed E-state index contributed by atoms with van der Waals surface area (Å²) < 4.78 is 27.5. The quantitative estimate of drug-likeness (QED) is 0.272. The zero-order valence-corrected chi connectivity index (χ0v) is 25.5. The summed E-state index contributed by atoms with van der Waals surface area (Å²) in [4.78, 5) is 28.9. The molecule has 0 saturated carbocycles. The highest BCUT2D eigenvalue weighted by molar-refractivity contribution is 9.10. The first-order valence-corrected chi connectivity index (χ1v) is 15.7. The SMILES string of the molecule is CCCNC(=O)C(Cc1ccccc1)N(Cc1ccc(Br)cc1)C(=O)CN(c1ccc(Cl)cc1Cl)S(C)(=O)=O. The van der Waals surface area contributed by atoms with Gasteiger partial charge in [-0.1, -0.05) is 88.5 Å². The first kappa shape index (κ1) is 30.9. The van der Waals surface area contributed by atoms with E-state index in [4.69, 9.17) is 23.2 Å². The highest BCUT2D eigenvalue weighted by Gasteiger charge is 2.33. The molecule has 0 spiro atoms. The molecule has 0 aliphatic heterocycles. The van der Waals surface area contributed by atoms with Crippen LogP contribution in [-0.4, -0.2) is 50.5 Å². The Balaban J connectivity index is 2.05. The Hall–Kier alpha value is -2.59. The summed E-state index contributed by atoms with van der Waals surface area (Å²) in [6.07, 6.45) is 1.97. The second-order valence-corrected chi connectivity index (χ2v) is 12.7. The average molecular weight is 655 g/mol. The Morgan fingerprint density at radius 2 is 1.64 bits per heavy atom. The normalized spacial score (nSPS) is 12.0. The van der Waals surface area contributed by atoms with E-state index >= 15 is 0 Å². The molecule has 11 heteroatoms. The minimum Gasteiger partial charge on any atom is -0.354 e. The van der Waals surface area contributed by atoms with Gasteiger partial charge in [-0.25, -0.2) is 8.42 Å². The molecule has 1 N–H and O–H groups in total. The van der Waals surface area contributed by atoms with Gasteiger partial charge in [0.25, 0.3) is 0 Å². The number of benzene rings is 3. The molecule has 1 unspecified atom stereocenters. The summed E-state index contributed by atoms with van der Waals surface area (Å²) in [5, 5.41) is 3.32. The Kier molecular flexibility index (Phi) is 11.2. The van der Waals surface area contributed by atoms with Crippen LogP contribution >= 0.6 is 39.1 Å². The van der Waals surface area contributed by atoms with Crippen molar-refractivity contribution in [2.45, 2.75) is 32.4 Å². The minimum atomic E-state index is -3.93. The van der Waals surface area contributed by atoms with Crippen LogP contribution in [0.1, 0.15) is 24.5 Å². The molecule has 3 rings (SSSR count). The second-order valence-electron chi connectivity index (χ2n) is 9.01. The maximum atomic E-state index is 14.0. The van der Waals surface area contributed by atoms with Gasteiger partial charge >= 0.3 is 0 Å². The van der Waals surface area contributed by atoms with Crippen molar-refractivity contribution in [1.82, 2.24) is 10.2 Å². The van der Waals surface area contributed by atoms with Crippen LogP contribution in [0.3, 0.4) is 0 Å². The monoisotopic (exact) mass is 653 g/mol. The number of carbonyl (C=O) groups is 2. The van der Waals surface area contributed by atoms with Gasteiger partial charge in [-0.15, -0.1) is 0 Å². The Morgan fingerprint density at radius 1 is 0.974 bits per heavy atom. The van der Waals surface area contributed by atoms with Crippen molar-refractivity contribution in [3.63, 3.8) is 0 Å². The molecule has 1 atom stereocenters. The summed E-state index contributed by atoms with van der Waals surface area (Å²) in [6.45, 7) is 1.93. The topological polar surface area (TPSA) is 86.8 Å². The summed E-state index contributed by atoms with van der Waals surface area (Å²) in [5.74, 6) is -0.872. The van der Waals surface area contributed by atoms with Crippen molar-refractivity contribution in [2.75, 3.05) is 23.7 Å². The van der Waals surface area contributed by atoms with Crippen molar-refractivity contribution < 1.29 is 18.0 Å². The van der Waals surface area contributed by atoms with E-state index in [9.17, 15) is 18.0 Å². The van der Waals surface area contributed by atoms with Crippen molar-refractivity contribution in [1.29, 1.82) is 0 Å². The van der Waals surface area contributed by atoms with E-state index < -0.39 is 28.5 Å². The predicted octanol–water partition coefficient (Wildman–Crippen LogP) is 5.69. The van der Waals surface area contributed by atoms with Crippen LogP contribution in [0.15, 0.2) is 77.3 Å². The molecule has 3 aromatic carbocycles. The van der Waals surface area contributed by atoms with E-state index in [1.54, 1.807) is 0 Å². The third-order valence-corrected chi connectivity index (χ3v) is 8.14. The van der Waals surface area contributed by atoms with Crippen LogP contribution in [-0.2, 0) is 32.6 Å². The number of nitrogens with zero attached hydrogens (tertiary/aromatic N) is 2. The molecule has 3 aromatic rings. The number of halogens is 3. The van der Waals surface area contributed by atoms with E-state index in [0.717, 1.165) is 32.6 Å². The molecule has 0 fully saturated rings. The van der Waals surface area contributed by atoms with Crippen LogP contribution in [0.5, 0.6) is 0 Å². The summed E-state index contributed by atoms with van der Waals surface area (Å²) in [5.41, 5.74) is 1.77. The molecule has 0 bridgehead atoms. The van der Waals surface area contributed by atoms with Gasteiger partial charge in [-0.05, 0) is 47.9 Å². The van der Waals surface area contributed by atoms with Gasteiger partial charge in [0.2, 0.25) is 21.8 Å². The summed E-state index contributed by atoms with van der Waals surface area (Å²) in [7, 11) is -3.93. The molecule has 0 aliphatic rings. The Morgan fingerprint density at radius 3 is 2.23 bits per heavy atom. The van der Waals surface area contributed by atoms with Gasteiger partial charge in [0.05, 0.1) is 17.0 Å². The van der Waals surface area contributed by atoms with Gasteiger partial charge in [0, 0.05) is 29.0 Å². The molecule has 39 heavy (non-hydrogen) atoms. The third-order valence-electron chi connectivity index (χ3n) is 5.94. The van der Waals surface area contributed by atoms with Gasteiger partial charge in [0.1, 0.15) is 12.6 Å². The molecule has 0 radical (unpaired) electrons. The van der Waals surface area contributed by atoms with E-state index in [1.807, 2.05) is 61.5 Å². The lowest BCUT2D eigenvalue weighted by atomic mass is 10.0. The standard InChI is InChI=1S/C28H30BrCl2N3O4S/c1-3-15-32-28(36)26(16-20-7-5-4-6-8-20)33(18-21-9-11-22(29)12-10-21)27(35)19-34(39(2,37)38)25-14-13-23(30)17-24(25)31/h4-14,17,26H,3,15-16,18-19H2,1-2H3,(H,32,36). The lowest BCUT2D eigenvalue weighted by molar-refractivity contribution is -0.140. The third kappa shape index (κ3) is 8.96. The van der Waals surface area contributed by atoms with E-state index in [0.29, 0.717) is 11.6 Å². The fourth-order valence-electron chi connectivity index (χ4n) is 3.98. The minimum absolute atomic E-state index is 0.0849. The number of anilines is 1. The van der Waals surface area contributed by atoms with Crippen molar-refractivity contribution in [3.05, 3.63) is 98.4 Å². The van der Waals surface area contributed by atoms with Gasteiger partial charge < -0.3 is 10.2 Å². The van der Waals surface area contributed by atoms with E-state index in [1.165, 1.54) is 23.1 Å². The van der Waals surface area contributed by atoms with Gasteiger partial charge in [-0.2, -0.15) is 0 Å². The fourth-order valence-corrected chi connectivity index (χ4v) is 5.67. The van der Waals surface area contributed by atoms with Gasteiger partial charge in [0.15, 0.2) is 0 Å². The number of hydrogen-bond donors (Lipinski definition) is 1. The molecular weight excluding hydrogens is 625 g/mol. The number of hydrogen-bond acceptors (Lipinski definition) is 4. The molecule has 0 aromatic heterocycles. The Labute approximate surface area is 248 Å². The first-order valence-electron chi connectivity index (χ1n) is 12.3. The lowest BCUT2D eigenvalue weighted by Crippen LogP contribution is -2.53. The predicted molar refractivity (Wildman–Crippen MR) is 161 cm³/mol. The molecule has 7 nitrogen and oxygen atoms in total. The number of sulfonamides is 1. The summed E-state index contributed by atoms with van der Waals surface area (Å²) in [6, 6.07) is 20.2. The zero-order valence-electron chi connectivity index (χ0n) is 21.6. The van der Waals surface area contributed by atoms with Crippen LogP contribution in [0.4, 0.5) is 5.69 Å². The zero-order chi connectivity index (χ0) is 28.6. The second kappa shape index (κ2) is 14.2. The molecule has 0 heterocycles. The first-order chi connectivity index (χ1) is 18.5. The molecular formula is C28H30BrCl2N3O4S. The number of amides is 2. The number of nitrogens with one attached hydrogen (secondary N) is 1. The van der Waals surface area contributed by atoms with E-state index in [2.05, 4.69) is 21.2 Å². The van der Waals surface area contributed by atoms with Crippen LogP contribution in [0.2, 0.25) is 10.0 Å². The van der Waals surface area contributed by atoms with Crippen molar-refractivity contribution in [3.8, 4) is 0 Å². The van der Waals surface area contributed by atoms with Crippen molar-refractivity contribution >= 4 is 66.7 Å². The van der Waals surface area contributed by atoms with Crippen LogP contribution in [0.25, 0.3) is 0 Å². The number of rotatable bonds is 12. The maximum absolute atomic E-state index is 14.0. The van der Waals surface area contributed by atoms with Crippen LogP contribution < -0.4 is 9.62 Å². The van der Waals surface area contributed by atoms with Crippen molar-refractivity contribution in [2.24, 2.45) is 0 Å². The number of carbonyl (C=O) groups excluding carboxylic acids is 2. The molecule has 0 aliphatic carbocycles. The average Bonchev–Trinajstić information content (AvgIpc) is 2.89. The van der Waals surface area contributed by atoms with Crippen LogP contribution in [0, 0.1) is 0 Å². The molecule has 0 saturated heterocycles. The maximum Gasteiger partial charge on any atom is 0.244 e. The largest absolute Gasteiger partial charge is 0.354 e. The molecule has 2 amide bonds. The van der Waals surface area contributed by atoms with E-state index in [-0.39, 0.29) is 29.6 Å². The highest BCUT2D eigenvalue weighted by atomic mass is 79.9. The Bertz CT molecular complexity index is 1390.